The van der Waals surface area contributed by atoms with Gasteiger partial charge in [-0.05, 0) is 173 Å². The Balaban J connectivity index is 4.97. The monoisotopic (exact) mass is 1080 g/mol. The molecule has 7 N–H and O–H groups in total. The minimum Gasteiger partial charge on any atom is -0.480 e. The van der Waals surface area contributed by atoms with Gasteiger partial charge in [-0.2, -0.15) is 35.3 Å². The van der Waals surface area contributed by atoms with Crippen LogP contribution in [0.5, 0.6) is 0 Å². The summed E-state index contributed by atoms with van der Waals surface area (Å²) < 4.78 is 11.0. The van der Waals surface area contributed by atoms with Crippen molar-refractivity contribution in [3.05, 3.63) is 69.9 Å². The molecule has 416 valence electrons. The van der Waals surface area contributed by atoms with Gasteiger partial charge in [-0.15, -0.1) is 0 Å². The largest absolute Gasteiger partial charge is 0.480 e. The van der Waals surface area contributed by atoms with E-state index in [1.54, 1.807) is 20.8 Å². The van der Waals surface area contributed by atoms with Gasteiger partial charge >= 0.3 is 24.1 Å². The zero-order valence-electron chi connectivity index (χ0n) is 46.5. The first kappa shape index (κ1) is 68.9. The maximum atomic E-state index is 13.4. The van der Waals surface area contributed by atoms with Gasteiger partial charge in [-0.25, -0.2) is 19.2 Å². The van der Waals surface area contributed by atoms with Crippen molar-refractivity contribution in [3.63, 3.8) is 0 Å². The smallest absolute Gasteiger partial charge is 0.408 e. The molecule has 0 saturated heterocycles. The van der Waals surface area contributed by atoms with Gasteiger partial charge < -0.3 is 46.1 Å². The number of aliphatic hydroxyl groups excluding tert-OH is 1. The van der Waals surface area contributed by atoms with Crippen LogP contribution in [0.4, 0.5) is 9.59 Å². The van der Waals surface area contributed by atoms with Crippen LogP contribution in [-0.4, -0.2) is 128 Å². The molecule has 0 rings (SSSR count). The number of rotatable bonds is 36. The minimum atomic E-state index is -1.39. The lowest BCUT2D eigenvalue weighted by atomic mass is 9.98. The summed E-state index contributed by atoms with van der Waals surface area (Å²) >= 11 is 4.30. The Labute approximate surface area is 450 Å². The van der Waals surface area contributed by atoms with Crippen molar-refractivity contribution in [1.82, 2.24) is 21.3 Å². The number of carbonyl (C=O) groups excluding carboxylic acids is 4. The van der Waals surface area contributed by atoms with Gasteiger partial charge in [0, 0.05) is 23.0 Å². The predicted octanol–water partition coefficient (Wildman–Crippen LogP) is 11.1. The Hall–Kier alpha value is -4.13. The van der Waals surface area contributed by atoms with E-state index in [0.717, 1.165) is 56.9 Å². The van der Waals surface area contributed by atoms with E-state index < -0.39 is 77.4 Å². The maximum absolute atomic E-state index is 13.4. The summed E-state index contributed by atoms with van der Waals surface area (Å²) in [5, 5.41) is 39.8. The topological polar surface area (TPSA) is 230 Å². The van der Waals surface area contributed by atoms with E-state index >= 15 is 0 Å². The number of aliphatic carboxylic acids is 2. The third-order valence-corrected chi connectivity index (χ3v) is 13.8. The fourth-order valence-electron chi connectivity index (χ4n) is 6.71. The first-order valence-electron chi connectivity index (χ1n) is 25.3. The van der Waals surface area contributed by atoms with Crippen molar-refractivity contribution in [2.75, 3.05) is 35.0 Å². The van der Waals surface area contributed by atoms with Crippen molar-refractivity contribution in [1.29, 1.82) is 0 Å². The highest BCUT2D eigenvalue weighted by molar-refractivity contribution is 7.99. The lowest BCUT2D eigenvalue weighted by Crippen LogP contribution is -2.56. The first-order chi connectivity index (χ1) is 34.0. The molecule has 0 aromatic carbocycles. The normalized spacial score (nSPS) is 15.0. The second-order valence-electron chi connectivity index (χ2n) is 20.6. The number of carbonyl (C=O) groups is 6. The number of hydrogen-bond donors (Lipinski definition) is 7. The average Bonchev–Trinajstić information content (AvgIpc) is 3.26. The third kappa shape index (κ3) is 36.5. The molecule has 0 spiro atoms. The molecule has 0 aliphatic carbocycles. The van der Waals surface area contributed by atoms with E-state index in [1.807, 2.05) is 33.1 Å². The Bertz CT molecular complexity index is 1930. The van der Waals surface area contributed by atoms with E-state index in [4.69, 9.17) is 9.47 Å². The SMILES string of the molecule is CSCC[C@H](NC(=O)OC(C)(C)CC/C(C)=C/CC/C(C)=C/CC/C(C)=C/CSC[C@H](NC(=O)[C@@H](NC(=O)OC(C)(C)C)C(C)O)C(=O)O)C(=O)N[C@@H](CSC/C=C(\C)CC/C=C(\C)CCC=C(C)C)C(=O)O. The minimum absolute atomic E-state index is 0.0854. The summed E-state index contributed by atoms with van der Waals surface area (Å²) in [6, 6.07) is -4.69. The highest BCUT2D eigenvalue weighted by Gasteiger charge is 2.32. The van der Waals surface area contributed by atoms with Crippen molar-refractivity contribution < 1.29 is 53.6 Å². The number of ether oxygens (including phenoxy) is 2. The maximum Gasteiger partial charge on any atom is 0.408 e. The number of allylic oxidation sites excluding steroid dienone is 10. The van der Waals surface area contributed by atoms with E-state index in [-0.39, 0.29) is 11.5 Å². The second kappa shape index (κ2) is 37.6. The number of aliphatic hydroxyl groups is 1. The number of alkyl carbamates (subject to hydrolysis) is 2. The van der Waals surface area contributed by atoms with Gasteiger partial charge in [0.2, 0.25) is 11.8 Å². The fourth-order valence-corrected chi connectivity index (χ4v) is 9.18. The van der Waals surface area contributed by atoms with Crippen LogP contribution in [0.2, 0.25) is 0 Å². The Morgan fingerprint density at radius 2 is 0.959 bits per heavy atom. The molecule has 0 fully saturated rings. The van der Waals surface area contributed by atoms with Crippen LogP contribution < -0.4 is 21.3 Å². The lowest BCUT2D eigenvalue weighted by Gasteiger charge is -2.27. The molecule has 1 unspecified atom stereocenters. The van der Waals surface area contributed by atoms with E-state index in [0.29, 0.717) is 36.5 Å². The molecule has 0 aliphatic rings. The van der Waals surface area contributed by atoms with Crippen LogP contribution in [0.25, 0.3) is 0 Å². The third-order valence-electron chi connectivity index (χ3n) is 11.2. The molecule has 4 amide bonds. The zero-order chi connectivity index (χ0) is 55.7. The molecule has 0 heterocycles. The Kier molecular flexibility index (Phi) is 35.5. The van der Waals surface area contributed by atoms with Gasteiger partial charge in [-0.3, -0.25) is 9.59 Å². The Morgan fingerprint density at radius 3 is 1.37 bits per heavy atom. The average molecular weight is 1080 g/mol. The standard InChI is InChI=1S/C55H92N4O11S3/c1-37(2)19-15-20-38(3)22-17-25-41(6)28-33-72-35-45(50(63)64)56-48(61)44(30-32-71-14)58-52(67)70-55(12,13)31-27-40(5)24-16-21-39(4)23-18-26-42(7)29-34-73-36-46(51(65)66)57-49(62)47(43(8)60)59-53(68)69-54(9,10)11/h19,22-24,28-29,43-47,60H,15-18,20-21,25-27,30-36H2,1-14H3,(H,56,61)(H,57,62)(H,58,67)(H,59,68)(H,63,64)(H,65,66)/b38-22+,39-23+,40-24+,41-28+,42-29+/t43?,44-,45-,46-,47-/m0/s1. The van der Waals surface area contributed by atoms with Crippen LogP contribution in [0.3, 0.4) is 0 Å². The Morgan fingerprint density at radius 1 is 0.548 bits per heavy atom. The van der Waals surface area contributed by atoms with E-state index in [2.05, 4.69) is 93.2 Å². The van der Waals surface area contributed by atoms with Gasteiger partial charge in [0.05, 0.1) is 6.10 Å². The summed E-state index contributed by atoms with van der Waals surface area (Å²) in [4.78, 5) is 75.5. The van der Waals surface area contributed by atoms with E-state index in [1.165, 1.54) is 70.1 Å². The molecular weight excluding hydrogens is 989 g/mol. The molecule has 5 atom stereocenters. The van der Waals surface area contributed by atoms with Gasteiger partial charge in [-0.1, -0.05) is 69.9 Å². The number of thioether (sulfide) groups is 3. The van der Waals surface area contributed by atoms with Crippen molar-refractivity contribution in [2.24, 2.45) is 0 Å². The van der Waals surface area contributed by atoms with Crippen molar-refractivity contribution in [2.45, 2.75) is 202 Å². The van der Waals surface area contributed by atoms with Gasteiger partial charge in [0.25, 0.3) is 0 Å². The first-order valence-corrected chi connectivity index (χ1v) is 29.0. The molecule has 0 radical (unpaired) electrons. The highest BCUT2D eigenvalue weighted by atomic mass is 32.2. The van der Waals surface area contributed by atoms with Crippen molar-refractivity contribution >= 4 is 71.2 Å². The van der Waals surface area contributed by atoms with Crippen LogP contribution in [0.1, 0.15) is 161 Å². The summed E-state index contributed by atoms with van der Waals surface area (Å²) in [6.07, 6.45) is 21.1. The van der Waals surface area contributed by atoms with E-state index in [9.17, 15) is 44.1 Å². The molecule has 18 heteroatoms. The fraction of sp³-hybridized carbons (Fsp3) is 0.673. The number of carboxylic acids is 2. The molecule has 73 heavy (non-hydrogen) atoms. The summed E-state index contributed by atoms with van der Waals surface area (Å²) in [7, 11) is 0. The quantitative estimate of drug-likeness (QED) is 0.0229. The molecule has 0 bridgehead atoms. The number of carboxylic acid groups (broad SMARTS) is 2. The van der Waals surface area contributed by atoms with Crippen LogP contribution >= 0.6 is 35.3 Å². The molecule has 0 aromatic heterocycles. The van der Waals surface area contributed by atoms with Gasteiger partial charge in [0.15, 0.2) is 0 Å². The lowest BCUT2D eigenvalue weighted by molar-refractivity contribution is -0.142. The van der Waals surface area contributed by atoms with Crippen molar-refractivity contribution in [3.8, 4) is 0 Å². The summed E-state index contributed by atoms with van der Waals surface area (Å²) in [5.41, 5.74) is 5.87. The van der Waals surface area contributed by atoms with Crippen LogP contribution in [0, 0.1) is 0 Å². The summed E-state index contributed by atoms with van der Waals surface area (Å²) in [5.74, 6) is -1.73. The number of nitrogens with one attached hydrogen (secondary N) is 4. The molecule has 15 nitrogen and oxygen atoms in total. The molecule has 0 aliphatic heterocycles. The predicted molar refractivity (Wildman–Crippen MR) is 303 cm³/mol. The summed E-state index contributed by atoms with van der Waals surface area (Å²) in [6.45, 7) is 24.6. The number of hydrogen-bond acceptors (Lipinski definition) is 12. The zero-order valence-corrected chi connectivity index (χ0v) is 48.9. The second-order valence-corrected chi connectivity index (χ2v) is 23.7. The molecular formula is C55H92N4O11S3. The molecule has 0 aromatic rings. The van der Waals surface area contributed by atoms with Crippen LogP contribution in [-0.2, 0) is 28.7 Å². The van der Waals surface area contributed by atoms with Gasteiger partial charge in [0.1, 0.15) is 35.4 Å². The van der Waals surface area contributed by atoms with Crippen LogP contribution in [0.15, 0.2) is 69.9 Å². The highest BCUT2D eigenvalue weighted by Crippen LogP contribution is 2.22. The molecule has 0 saturated carbocycles. The number of amides is 4.